The number of aliphatic hydroxyl groups is 1. The van der Waals surface area contributed by atoms with Gasteiger partial charge in [0.05, 0.1) is 18.5 Å². The van der Waals surface area contributed by atoms with Gasteiger partial charge < -0.3 is 16.2 Å². The molecule has 0 bridgehead atoms. The van der Waals surface area contributed by atoms with Crippen LogP contribution in [0.2, 0.25) is 0 Å². The van der Waals surface area contributed by atoms with E-state index < -0.39 is 6.10 Å². The quantitative estimate of drug-likeness (QED) is 0.570. The van der Waals surface area contributed by atoms with Gasteiger partial charge >= 0.3 is 0 Å². The summed E-state index contributed by atoms with van der Waals surface area (Å²) in [6, 6.07) is 1.86. The first-order valence-electron chi connectivity index (χ1n) is 4.10. The van der Waals surface area contributed by atoms with Crippen LogP contribution in [-0.2, 0) is 0 Å². The smallest absolute Gasteiger partial charge is 0.158 e. The van der Waals surface area contributed by atoms with Crippen molar-refractivity contribution in [2.75, 3.05) is 18.4 Å². The highest BCUT2D eigenvalue weighted by molar-refractivity contribution is 5.33. The van der Waals surface area contributed by atoms with E-state index in [1.54, 1.807) is 0 Å². The van der Waals surface area contributed by atoms with Gasteiger partial charge in [-0.1, -0.05) is 0 Å². The van der Waals surface area contributed by atoms with Crippen LogP contribution in [0.15, 0.2) is 12.4 Å². The summed E-state index contributed by atoms with van der Waals surface area (Å²) in [5.74, 6) is 0.511. The molecule has 0 radical (unpaired) electrons. The SMILES string of the molecule is N#Cc1cnc(NCC(O)CN)cn1. The molecule has 6 heteroatoms. The van der Waals surface area contributed by atoms with E-state index in [0.29, 0.717) is 12.4 Å². The number of rotatable bonds is 4. The molecule has 1 unspecified atom stereocenters. The minimum Gasteiger partial charge on any atom is -0.390 e. The average molecular weight is 193 g/mol. The standard InChI is InChI=1S/C8H11N5O/c9-1-6-3-12-8(5-11-6)13-4-7(14)2-10/h3,5,7,14H,2,4,10H2,(H,12,13). The number of aliphatic hydroxyl groups excluding tert-OH is 1. The number of anilines is 1. The molecule has 0 spiro atoms. The average Bonchev–Trinajstić information content (AvgIpc) is 2.26. The van der Waals surface area contributed by atoms with Crippen molar-refractivity contribution in [2.45, 2.75) is 6.10 Å². The molecular weight excluding hydrogens is 182 g/mol. The maximum atomic E-state index is 9.13. The van der Waals surface area contributed by atoms with Gasteiger partial charge in [-0.05, 0) is 0 Å². The molecule has 1 aromatic heterocycles. The van der Waals surface area contributed by atoms with Crippen molar-refractivity contribution in [3.05, 3.63) is 18.1 Å². The third-order valence-corrected chi connectivity index (χ3v) is 1.56. The van der Waals surface area contributed by atoms with Gasteiger partial charge in [0.2, 0.25) is 0 Å². The van der Waals surface area contributed by atoms with Crippen LogP contribution < -0.4 is 11.1 Å². The third kappa shape index (κ3) is 2.97. The number of hydrogen-bond donors (Lipinski definition) is 3. The van der Waals surface area contributed by atoms with Crippen molar-refractivity contribution in [3.8, 4) is 6.07 Å². The molecule has 1 heterocycles. The Morgan fingerprint density at radius 2 is 2.36 bits per heavy atom. The van der Waals surface area contributed by atoms with Crippen molar-refractivity contribution in [1.29, 1.82) is 5.26 Å². The lowest BCUT2D eigenvalue weighted by Crippen LogP contribution is -2.28. The fourth-order valence-electron chi connectivity index (χ4n) is 0.783. The molecule has 4 N–H and O–H groups in total. The normalized spacial score (nSPS) is 11.8. The highest BCUT2D eigenvalue weighted by atomic mass is 16.3. The van der Waals surface area contributed by atoms with Crippen molar-refractivity contribution in [2.24, 2.45) is 5.73 Å². The van der Waals surface area contributed by atoms with Crippen LogP contribution in [0.5, 0.6) is 0 Å². The van der Waals surface area contributed by atoms with Gasteiger partial charge in [0.25, 0.3) is 0 Å². The number of nitriles is 1. The summed E-state index contributed by atoms with van der Waals surface area (Å²) < 4.78 is 0. The first kappa shape index (κ1) is 10.4. The summed E-state index contributed by atoms with van der Waals surface area (Å²) >= 11 is 0. The van der Waals surface area contributed by atoms with Crippen molar-refractivity contribution >= 4 is 5.82 Å². The maximum absolute atomic E-state index is 9.13. The summed E-state index contributed by atoms with van der Waals surface area (Å²) in [5.41, 5.74) is 5.47. The zero-order valence-electron chi connectivity index (χ0n) is 7.51. The van der Waals surface area contributed by atoms with E-state index in [0.717, 1.165) is 0 Å². The lowest BCUT2D eigenvalue weighted by Gasteiger charge is -2.08. The summed E-state index contributed by atoms with van der Waals surface area (Å²) in [6.45, 7) is 0.508. The minimum atomic E-state index is -0.604. The Morgan fingerprint density at radius 3 is 2.86 bits per heavy atom. The van der Waals surface area contributed by atoms with E-state index in [2.05, 4.69) is 15.3 Å². The molecule has 0 fully saturated rings. The van der Waals surface area contributed by atoms with Crippen molar-refractivity contribution in [1.82, 2.24) is 9.97 Å². The van der Waals surface area contributed by atoms with E-state index in [9.17, 15) is 0 Å². The summed E-state index contributed by atoms with van der Waals surface area (Å²) in [5, 5.41) is 20.4. The Labute approximate surface area is 81.4 Å². The maximum Gasteiger partial charge on any atom is 0.158 e. The van der Waals surface area contributed by atoms with E-state index in [1.165, 1.54) is 12.4 Å². The molecule has 1 atom stereocenters. The molecule has 0 aromatic carbocycles. The van der Waals surface area contributed by atoms with Crippen LogP contribution in [0.25, 0.3) is 0 Å². The summed E-state index contributed by atoms with van der Waals surface area (Å²) in [4.78, 5) is 7.71. The number of aromatic nitrogens is 2. The number of nitrogens with one attached hydrogen (secondary N) is 1. The van der Waals surface area contributed by atoms with E-state index in [1.807, 2.05) is 6.07 Å². The van der Waals surface area contributed by atoms with Crippen molar-refractivity contribution < 1.29 is 5.11 Å². The second kappa shape index (κ2) is 5.11. The Bertz CT molecular complexity index is 317. The molecule has 0 aliphatic rings. The second-order valence-corrected chi connectivity index (χ2v) is 2.67. The topological polar surface area (TPSA) is 108 Å². The van der Waals surface area contributed by atoms with Crippen LogP contribution >= 0.6 is 0 Å². The second-order valence-electron chi connectivity index (χ2n) is 2.67. The number of nitrogens with zero attached hydrogens (tertiary/aromatic N) is 3. The monoisotopic (exact) mass is 193 g/mol. The molecule has 14 heavy (non-hydrogen) atoms. The van der Waals surface area contributed by atoms with Crippen molar-refractivity contribution in [3.63, 3.8) is 0 Å². The fourth-order valence-corrected chi connectivity index (χ4v) is 0.783. The Hall–Kier alpha value is -1.71. The summed E-state index contributed by atoms with van der Waals surface area (Å²) in [7, 11) is 0. The van der Waals surface area contributed by atoms with Gasteiger partial charge in [0.15, 0.2) is 5.69 Å². The lowest BCUT2D eigenvalue weighted by molar-refractivity contribution is 0.196. The molecule has 1 rings (SSSR count). The molecule has 0 aliphatic carbocycles. The largest absolute Gasteiger partial charge is 0.390 e. The van der Waals surface area contributed by atoms with E-state index in [-0.39, 0.29) is 12.2 Å². The van der Waals surface area contributed by atoms with Gasteiger partial charge in [-0.3, -0.25) is 0 Å². The Kier molecular flexibility index (Phi) is 3.79. The van der Waals surface area contributed by atoms with Gasteiger partial charge in [-0.2, -0.15) is 5.26 Å². The lowest BCUT2D eigenvalue weighted by atomic mass is 10.3. The van der Waals surface area contributed by atoms with Crippen LogP contribution in [0, 0.1) is 11.3 Å². The van der Waals surface area contributed by atoms with Gasteiger partial charge in [0, 0.05) is 13.1 Å². The molecule has 0 amide bonds. The molecule has 0 saturated carbocycles. The molecule has 1 aromatic rings. The Morgan fingerprint density at radius 1 is 1.57 bits per heavy atom. The predicted octanol–water partition coefficient (Wildman–Crippen LogP) is -0.920. The highest BCUT2D eigenvalue weighted by Crippen LogP contribution is 1.99. The van der Waals surface area contributed by atoms with Crippen LogP contribution in [0.4, 0.5) is 5.82 Å². The predicted molar refractivity (Wildman–Crippen MR) is 50.3 cm³/mol. The molecule has 6 nitrogen and oxygen atoms in total. The molecular formula is C8H11N5O. The van der Waals surface area contributed by atoms with Crippen LogP contribution in [-0.4, -0.2) is 34.3 Å². The first-order chi connectivity index (χ1) is 6.76. The minimum absolute atomic E-state index is 0.191. The van der Waals surface area contributed by atoms with Gasteiger partial charge in [-0.15, -0.1) is 0 Å². The molecule has 0 saturated heterocycles. The third-order valence-electron chi connectivity index (χ3n) is 1.56. The Balaban J connectivity index is 2.49. The van der Waals surface area contributed by atoms with E-state index in [4.69, 9.17) is 16.1 Å². The molecule has 0 aliphatic heterocycles. The van der Waals surface area contributed by atoms with Crippen LogP contribution in [0.3, 0.4) is 0 Å². The molecule has 74 valence electrons. The number of hydrogen-bond acceptors (Lipinski definition) is 6. The fraction of sp³-hybridized carbons (Fsp3) is 0.375. The summed E-state index contributed by atoms with van der Waals surface area (Å²) in [6.07, 6.45) is 2.19. The zero-order valence-corrected chi connectivity index (χ0v) is 7.51. The number of nitrogens with two attached hydrogens (primary N) is 1. The zero-order chi connectivity index (χ0) is 10.4. The van der Waals surface area contributed by atoms with E-state index >= 15 is 0 Å². The van der Waals surface area contributed by atoms with Gasteiger partial charge in [0.1, 0.15) is 11.9 Å². The van der Waals surface area contributed by atoms with Crippen LogP contribution in [0.1, 0.15) is 5.69 Å². The first-order valence-corrected chi connectivity index (χ1v) is 4.10. The highest BCUT2D eigenvalue weighted by Gasteiger charge is 2.01. The van der Waals surface area contributed by atoms with Gasteiger partial charge in [-0.25, -0.2) is 9.97 Å².